The molecule has 1 heteroatoms. The van der Waals surface area contributed by atoms with Crippen LogP contribution in [0.5, 0.6) is 0 Å². The van der Waals surface area contributed by atoms with Gasteiger partial charge in [-0.1, -0.05) is 42.5 Å². The molecule has 0 saturated heterocycles. The molecule has 0 spiro atoms. The van der Waals surface area contributed by atoms with Gasteiger partial charge in [0, 0.05) is 10.2 Å². The van der Waals surface area contributed by atoms with Gasteiger partial charge in [-0.05, 0) is 24.5 Å². The Kier molecular flexibility index (Phi) is 3.29. The molecule has 0 bridgehead atoms. The minimum atomic E-state index is 1.12. The predicted molar refractivity (Wildman–Crippen MR) is 60.0 cm³/mol. The summed E-state index contributed by atoms with van der Waals surface area (Å²) in [5.74, 6) is 0. The number of hydrogen-bond acceptors (Lipinski definition) is 0. The van der Waals surface area contributed by atoms with Crippen LogP contribution in [0.15, 0.2) is 30.3 Å². The Morgan fingerprint density at radius 2 is 1.92 bits per heavy atom. The minimum Gasteiger partial charge on any atom is -0.0839 e. The topological polar surface area (TPSA) is 0 Å². The number of hydrogen-bond donors (Lipinski definition) is 0. The first-order chi connectivity index (χ1) is 5.77. The maximum absolute atomic E-state index is 2.22. The number of rotatable bonds is 2. The lowest BCUT2D eigenvalue weighted by atomic mass is 10.0. The monoisotopic (exact) mass is 176 g/mol. The van der Waals surface area contributed by atoms with E-state index in [9.17, 15) is 0 Å². The van der Waals surface area contributed by atoms with Gasteiger partial charge >= 0.3 is 0 Å². The van der Waals surface area contributed by atoms with Gasteiger partial charge in [-0.2, -0.15) is 0 Å². The summed E-state index contributed by atoms with van der Waals surface area (Å²) < 4.78 is 0. The molecular weight excluding hydrogens is 160 g/mol. The van der Waals surface area contributed by atoms with Crippen LogP contribution in [0.25, 0.3) is 5.57 Å². The Labute approximate surface area is 77.7 Å². The van der Waals surface area contributed by atoms with Crippen LogP contribution in [0.3, 0.4) is 0 Å². The first-order valence-corrected chi connectivity index (χ1v) is 5.50. The zero-order valence-corrected chi connectivity index (χ0v) is 10.1. The van der Waals surface area contributed by atoms with Crippen molar-refractivity contribution in [1.82, 2.24) is 0 Å². The Bertz CT molecular complexity index is 270. The van der Waals surface area contributed by atoms with E-state index in [2.05, 4.69) is 44.2 Å². The molecule has 0 heterocycles. The first kappa shape index (κ1) is 9.27. The molecule has 0 atom stereocenters. The highest BCUT2D eigenvalue weighted by molar-refractivity contribution is 6.32. The average Bonchev–Trinajstić information content (AvgIpc) is 2.10. The normalized spacial score (nSPS) is 12.0. The zero-order valence-electron chi connectivity index (χ0n) is 8.09. The van der Waals surface area contributed by atoms with E-state index < -0.39 is 0 Å². The third-order valence-corrected chi connectivity index (χ3v) is 2.82. The van der Waals surface area contributed by atoms with Gasteiger partial charge in [0.05, 0.1) is 0 Å². The average molecular weight is 176 g/mol. The molecule has 12 heavy (non-hydrogen) atoms. The second-order valence-electron chi connectivity index (χ2n) is 3.03. The Morgan fingerprint density at radius 1 is 1.33 bits per heavy atom. The van der Waals surface area contributed by atoms with Gasteiger partial charge in [0.2, 0.25) is 0 Å². The van der Waals surface area contributed by atoms with Crippen molar-refractivity contribution in [2.24, 2.45) is 0 Å². The summed E-state index contributed by atoms with van der Waals surface area (Å²) in [7, 11) is 1.15. The fraction of sp³-hybridized carbons (Fsp3) is 0.273. The first-order valence-electron chi connectivity index (χ1n) is 4.50. The van der Waals surface area contributed by atoms with E-state index in [1.165, 1.54) is 16.3 Å². The van der Waals surface area contributed by atoms with Crippen molar-refractivity contribution in [2.75, 3.05) is 0 Å². The van der Waals surface area contributed by atoms with Crippen molar-refractivity contribution in [1.29, 1.82) is 0 Å². The molecule has 0 radical (unpaired) electrons. The Hall–Kier alpha value is -0.823. The van der Waals surface area contributed by atoms with Gasteiger partial charge in [-0.3, -0.25) is 0 Å². The Morgan fingerprint density at radius 3 is 2.33 bits per heavy atom. The van der Waals surface area contributed by atoms with Gasteiger partial charge in [-0.25, -0.2) is 0 Å². The van der Waals surface area contributed by atoms with Crippen molar-refractivity contribution in [2.45, 2.75) is 20.3 Å². The van der Waals surface area contributed by atoms with Gasteiger partial charge in [-0.15, -0.1) is 0 Å². The summed E-state index contributed by atoms with van der Waals surface area (Å²) in [6, 6.07) is 8.89. The van der Waals surface area contributed by atoms with E-state index in [4.69, 9.17) is 0 Å². The molecule has 1 aromatic carbocycles. The molecule has 0 unspecified atom stereocenters. The quantitative estimate of drug-likeness (QED) is 0.599. The van der Waals surface area contributed by atoms with Crippen LogP contribution < -0.4 is 5.19 Å². The van der Waals surface area contributed by atoms with Crippen LogP contribution in [-0.2, 0) is 0 Å². The highest BCUT2D eigenvalue weighted by Crippen LogP contribution is 2.15. The molecule has 0 aliphatic carbocycles. The summed E-state index contributed by atoms with van der Waals surface area (Å²) >= 11 is 0. The molecule has 64 valence electrons. The molecular formula is C11H16Si. The molecule has 0 aliphatic rings. The molecule has 0 aromatic heterocycles. The van der Waals surface area contributed by atoms with Crippen LogP contribution >= 0.6 is 0 Å². The van der Waals surface area contributed by atoms with Crippen molar-refractivity contribution >= 4 is 21.0 Å². The predicted octanol–water partition coefficient (Wildman–Crippen LogP) is 1.49. The molecule has 0 N–H and O–H groups in total. The standard InChI is InChI=1S/C11H16Si/c1-3-9(4-2)10-5-7-11(12)8-6-10/h3,5-8H,4H2,1-2,12H3/b9-3-. The minimum absolute atomic E-state index is 1.12. The van der Waals surface area contributed by atoms with Crippen molar-refractivity contribution < 1.29 is 0 Å². The lowest BCUT2D eigenvalue weighted by Crippen LogP contribution is -2.00. The fourth-order valence-electron chi connectivity index (χ4n) is 1.34. The number of allylic oxidation sites excluding steroid dienone is 2. The second-order valence-corrected chi connectivity index (χ2v) is 4.19. The van der Waals surface area contributed by atoms with Crippen molar-refractivity contribution in [3.63, 3.8) is 0 Å². The van der Waals surface area contributed by atoms with Crippen LogP contribution in [0.2, 0.25) is 0 Å². The largest absolute Gasteiger partial charge is 0.0839 e. The van der Waals surface area contributed by atoms with E-state index in [0.717, 1.165) is 16.7 Å². The zero-order chi connectivity index (χ0) is 8.97. The van der Waals surface area contributed by atoms with Crippen LogP contribution in [0, 0.1) is 0 Å². The molecule has 0 saturated carbocycles. The van der Waals surface area contributed by atoms with E-state index >= 15 is 0 Å². The van der Waals surface area contributed by atoms with Gasteiger partial charge < -0.3 is 0 Å². The molecule has 0 aliphatic heterocycles. The summed E-state index contributed by atoms with van der Waals surface area (Å²) in [5, 5.41) is 1.46. The number of benzene rings is 1. The third-order valence-electron chi connectivity index (χ3n) is 2.15. The highest BCUT2D eigenvalue weighted by atomic mass is 28.1. The lowest BCUT2D eigenvalue weighted by molar-refractivity contribution is 1.23. The molecule has 1 aromatic rings. The summed E-state index contributed by atoms with van der Waals surface area (Å²) in [4.78, 5) is 0. The SMILES string of the molecule is C/C=C(/CC)c1ccc([SiH3])cc1. The molecule has 0 nitrogen and oxygen atoms in total. The summed E-state index contributed by atoms with van der Waals surface area (Å²) in [5.41, 5.74) is 2.82. The fourth-order valence-corrected chi connectivity index (χ4v) is 1.68. The smallest absolute Gasteiger partial charge is 0.0384 e. The molecule has 1 rings (SSSR count). The van der Waals surface area contributed by atoms with Gasteiger partial charge in [0.1, 0.15) is 0 Å². The molecule has 0 amide bonds. The van der Waals surface area contributed by atoms with E-state index in [0.29, 0.717) is 0 Å². The molecule has 0 fully saturated rings. The van der Waals surface area contributed by atoms with E-state index in [1.807, 2.05) is 0 Å². The van der Waals surface area contributed by atoms with Gasteiger partial charge in [0.25, 0.3) is 0 Å². The van der Waals surface area contributed by atoms with Crippen LogP contribution in [0.1, 0.15) is 25.8 Å². The van der Waals surface area contributed by atoms with Crippen LogP contribution in [0.4, 0.5) is 0 Å². The third kappa shape index (κ3) is 2.08. The van der Waals surface area contributed by atoms with E-state index in [-0.39, 0.29) is 0 Å². The van der Waals surface area contributed by atoms with E-state index in [1.54, 1.807) is 0 Å². The maximum Gasteiger partial charge on any atom is 0.0384 e. The second kappa shape index (κ2) is 4.26. The lowest BCUT2D eigenvalue weighted by Gasteiger charge is -2.03. The van der Waals surface area contributed by atoms with Crippen molar-refractivity contribution in [3.05, 3.63) is 35.9 Å². The highest BCUT2D eigenvalue weighted by Gasteiger charge is 1.95. The maximum atomic E-state index is 2.22. The summed E-state index contributed by atoms with van der Waals surface area (Å²) in [6.07, 6.45) is 3.32. The Balaban J connectivity index is 2.96. The van der Waals surface area contributed by atoms with Crippen LogP contribution in [-0.4, -0.2) is 10.2 Å². The van der Waals surface area contributed by atoms with Crippen molar-refractivity contribution in [3.8, 4) is 0 Å². The van der Waals surface area contributed by atoms with Gasteiger partial charge in [0.15, 0.2) is 0 Å². The summed E-state index contributed by atoms with van der Waals surface area (Å²) in [6.45, 7) is 4.30.